The fraction of sp³-hybridized carbons (Fsp3) is 0.652. The first-order valence-corrected chi connectivity index (χ1v) is 11.2. The molecular weight excluding hydrogens is 384 g/mol. The van der Waals surface area contributed by atoms with Crippen molar-refractivity contribution in [3.8, 4) is 5.75 Å². The molecule has 7 nitrogen and oxygen atoms in total. The molecule has 3 rings (SSSR count). The molecule has 7 heteroatoms. The number of ether oxygens (including phenoxy) is 1. The Kier molecular flexibility index (Phi) is 8.51. The van der Waals surface area contributed by atoms with Crippen LogP contribution in [0.2, 0.25) is 0 Å². The molecule has 1 unspecified atom stereocenters. The van der Waals surface area contributed by atoms with Crippen molar-refractivity contribution in [1.29, 1.82) is 0 Å². The van der Waals surface area contributed by atoms with E-state index in [4.69, 9.17) is 4.74 Å². The number of nitrogens with one attached hydrogen (secondary N) is 1. The number of nitrogens with zero attached hydrogens (tertiary/aromatic N) is 1. The van der Waals surface area contributed by atoms with Crippen molar-refractivity contribution in [3.63, 3.8) is 0 Å². The van der Waals surface area contributed by atoms with Gasteiger partial charge in [-0.05, 0) is 44.2 Å². The molecule has 3 N–H and O–H groups in total. The molecule has 2 aliphatic rings. The molecule has 1 atom stereocenters. The maximum atomic E-state index is 12.8. The van der Waals surface area contributed by atoms with Crippen LogP contribution in [0.4, 0.5) is 5.69 Å². The van der Waals surface area contributed by atoms with Crippen molar-refractivity contribution in [1.82, 2.24) is 4.90 Å². The van der Waals surface area contributed by atoms with Gasteiger partial charge in [0.15, 0.2) is 0 Å². The summed E-state index contributed by atoms with van der Waals surface area (Å²) in [7, 11) is 0. The van der Waals surface area contributed by atoms with E-state index in [2.05, 4.69) is 5.32 Å². The fourth-order valence-electron chi connectivity index (χ4n) is 4.36. The van der Waals surface area contributed by atoms with Gasteiger partial charge in [0.05, 0.1) is 19.3 Å². The average Bonchev–Trinajstić information content (AvgIpc) is 2.77. The van der Waals surface area contributed by atoms with Crippen molar-refractivity contribution in [3.05, 3.63) is 23.8 Å². The predicted molar refractivity (Wildman–Crippen MR) is 114 cm³/mol. The Morgan fingerprint density at radius 3 is 2.77 bits per heavy atom. The molecular formula is C23H34N2O5. The third-order valence-corrected chi connectivity index (χ3v) is 6.01. The first-order valence-electron chi connectivity index (χ1n) is 11.2. The van der Waals surface area contributed by atoms with Gasteiger partial charge in [0.2, 0.25) is 11.8 Å². The van der Waals surface area contributed by atoms with Gasteiger partial charge in [-0.3, -0.25) is 9.59 Å². The highest BCUT2D eigenvalue weighted by atomic mass is 16.5. The number of hydrogen-bond acceptors (Lipinski definition) is 5. The lowest BCUT2D eigenvalue weighted by Crippen LogP contribution is -2.46. The van der Waals surface area contributed by atoms with Crippen LogP contribution in [0.5, 0.6) is 5.75 Å². The molecule has 1 fully saturated rings. The van der Waals surface area contributed by atoms with Gasteiger partial charge < -0.3 is 25.2 Å². The highest BCUT2D eigenvalue weighted by Gasteiger charge is 2.26. The summed E-state index contributed by atoms with van der Waals surface area (Å²) >= 11 is 0. The standard InChI is InChI=1S/C23H34N2O5/c26-16-18(27)15-25(17-7-2-1-3-8-17)23(29)11-4-5-14-30-21-10-6-9-20-19(21)12-13-22(28)24-20/h6,9-10,17-18,26-27H,1-5,7-8,11-16H2,(H,24,28). The average molecular weight is 419 g/mol. The number of rotatable bonds is 10. The quantitative estimate of drug-likeness (QED) is 0.507. The summed E-state index contributed by atoms with van der Waals surface area (Å²) in [6.45, 7) is 0.394. The molecule has 1 aliphatic heterocycles. The second kappa shape index (κ2) is 11.3. The van der Waals surface area contributed by atoms with E-state index < -0.39 is 6.10 Å². The number of amides is 2. The lowest BCUT2D eigenvalue weighted by Gasteiger charge is -2.35. The minimum atomic E-state index is -0.885. The predicted octanol–water partition coefficient (Wildman–Crippen LogP) is 2.63. The number of fused-ring (bicyclic) bond motifs is 1. The maximum absolute atomic E-state index is 12.8. The number of carbonyl (C=O) groups excluding carboxylic acids is 2. The molecule has 1 aromatic rings. The number of carbonyl (C=O) groups is 2. The first kappa shape index (κ1) is 22.6. The molecule has 0 radical (unpaired) electrons. The topological polar surface area (TPSA) is 99.1 Å². The molecule has 1 aliphatic carbocycles. The van der Waals surface area contributed by atoms with E-state index in [0.29, 0.717) is 32.3 Å². The highest BCUT2D eigenvalue weighted by Crippen LogP contribution is 2.31. The van der Waals surface area contributed by atoms with Crippen LogP contribution in [-0.4, -0.2) is 58.8 Å². The summed E-state index contributed by atoms with van der Waals surface area (Å²) in [4.78, 5) is 26.1. The van der Waals surface area contributed by atoms with Crippen molar-refractivity contribution in [2.24, 2.45) is 0 Å². The van der Waals surface area contributed by atoms with Crippen molar-refractivity contribution in [2.45, 2.75) is 76.4 Å². The number of aliphatic hydroxyl groups excluding tert-OH is 2. The number of aliphatic hydroxyl groups is 2. The first-order chi connectivity index (χ1) is 14.6. The number of anilines is 1. The van der Waals surface area contributed by atoms with Crippen molar-refractivity contribution >= 4 is 17.5 Å². The zero-order valence-corrected chi connectivity index (χ0v) is 17.6. The number of benzene rings is 1. The van der Waals surface area contributed by atoms with E-state index >= 15 is 0 Å². The molecule has 2 amide bonds. The number of hydrogen-bond donors (Lipinski definition) is 3. The Hall–Kier alpha value is -2.12. The van der Waals surface area contributed by atoms with E-state index in [-0.39, 0.29) is 31.0 Å². The Morgan fingerprint density at radius 2 is 2.00 bits per heavy atom. The van der Waals surface area contributed by atoms with Crippen LogP contribution >= 0.6 is 0 Å². The smallest absolute Gasteiger partial charge is 0.224 e. The van der Waals surface area contributed by atoms with Gasteiger partial charge in [-0.15, -0.1) is 0 Å². The minimum Gasteiger partial charge on any atom is -0.493 e. The summed E-state index contributed by atoms with van der Waals surface area (Å²) in [6, 6.07) is 5.86. The van der Waals surface area contributed by atoms with E-state index in [1.165, 1.54) is 6.42 Å². The molecule has 0 aromatic heterocycles. The van der Waals surface area contributed by atoms with Crippen molar-refractivity contribution in [2.75, 3.05) is 25.1 Å². The van der Waals surface area contributed by atoms with Gasteiger partial charge in [0.25, 0.3) is 0 Å². The van der Waals surface area contributed by atoms with Gasteiger partial charge in [-0.2, -0.15) is 0 Å². The van der Waals surface area contributed by atoms with Gasteiger partial charge in [0, 0.05) is 36.7 Å². The molecule has 1 saturated carbocycles. The highest BCUT2D eigenvalue weighted by molar-refractivity contribution is 5.94. The second-order valence-corrected chi connectivity index (χ2v) is 8.31. The van der Waals surface area contributed by atoms with Crippen LogP contribution in [0.1, 0.15) is 63.4 Å². The van der Waals surface area contributed by atoms with Gasteiger partial charge in [-0.25, -0.2) is 0 Å². The Bertz CT molecular complexity index is 718. The zero-order valence-electron chi connectivity index (χ0n) is 17.6. The Labute approximate surface area is 178 Å². The van der Waals surface area contributed by atoms with E-state index in [9.17, 15) is 19.8 Å². The minimum absolute atomic E-state index is 0.0343. The molecule has 30 heavy (non-hydrogen) atoms. The van der Waals surface area contributed by atoms with Gasteiger partial charge in [-0.1, -0.05) is 25.3 Å². The van der Waals surface area contributed by atoms with E-state index in [1.54, 1.807) is 4.90 Å². The van der Waals surface area contributed by atoms with Gasteiger partial charge >= 0.3 is 0 Å². The monoisotopic (exact) mass is 418 g/mol. The molecule has 0 saturated heterocycles. The largest absolute Gasteiger partial charge is 0.493 e. The van der Waals surface area contributed by atoms with Crippen LogP contribution in [0.15, 0.2) is 18.2 Å². The number of unbranched alkanes of at least 4 members (excludes halogenated alkanes) is 1. The summed E-state index contributed by atoms with van der Waals surface area (Å²) in [5.74, 6) is 0.884. The molecule has 0 spiro atoms. The summed E-state index contributed by atoms with van der Waals surface area (Å²) in [6.07, 6.45) is 7.52. The molecule has 166 valence electrons. The lowest BCUT2D eigenvalue weighted by atomic mass is 9.93. The fourth-order valence-corrected chi connectivity index (χ4v) is 4.36. The summed E-state index contributed by atoms with van der Waals surface area (Å²) < 4.78 is 5.93. The lowest BCUT2D eigenvalue weighted by molar-refractivity contribution is -0.136. The third kappa shape index (κ3) is 6.19. The second-order valence-electron chi connectivity index (χ2n) is 8.31. The normalized spacial score (nSPS) is 17.7. The van der Waals surface area contributed by atoms with Crippen LogP contribution in [-0.2, 0) is 16.0 Å². The third-order valence-electron chi connectivity index (χ3n) is 6.01. The van der Waals surface area contributed by atoms with E-state index in [1.807, 2.05) is 18.2 Å². The SMILES string of the molecule is O=C1CCc2c(cccc2OCCCCC(=O)N(CC(O)CO)C2CCCCC2)N1. The molecule has 0 bridgehead atoms. The molecule has 1 heterocycles. The van der Waals surface area contributed by atoms with Crippen LogP contribution in [0, 0.1) is 0 Å². The summed E-state index contributed by atoms with van der Waals surface area (Å²) in [5.41, 5.74) is 1.86. The Balaban J connectivity index is 1.45. The Morgan fingerprint density at radius 1 is 1.20 bits per heavy atom. The van der Waals surface area contributed by atoms with E-state index in [0.717, 1.165) is 49.1 Å². The maximum Gasteiger partial charge on any atom is 0.224 e. The van der Waals surface area contributed by atoms with Crippen LogP contribution < -0.4 is 10.1 Å². The van der Waals surface area contributed by atoms with Crippen molar-refractivity contribution < 1.29 is 24.5 Å². The summed E-state index contributed by atoms with van der Waals surface area (Å²) in [5, 5.41) is 21.9. The van der Waals surface area contributed by atoms with Crippen LogP contribution in [0.25, 0.3) is 0 Å². The van der Waals surface area contributed by atoms with Gasteiger partial charge in [0.1, 0.15) is 5.75 Å². The molecule has 1 aromatic carbocycles. The zero-order chi connectivity index (χ0) is 21.3. The van der Waals surface area contributed by atoms with Crippen LogP contribution in [0.3, 0.4) is 0 Å².